The molecule has 1 unspecified atom stereocenters. The summed E-state index contributed by atoms with van der Waals surface area (Å²) in [4.78, 5) is 28.0. The molecule has 0 spiro atoms. The van der Waals surface area contributed by atoms with Gasteiger partial charge >= 0.3 is 5.97 Å². The number of ether oxygens (including phenoxy) is 1. The van der Waals surface area contributed by atoms with Gasteiger partial charge in [-0.05, 0) is 54.6 Å². The second-order valence-corrected chi connectivity index (χ2v) is 8.11. The highest BCUT2D eigenvalue weighted by atomic mass is 19.1. The van der Waals surface area contributed by atoms with E-state index in [0.29, 0.717) is 28.3 Å². The number of nitrogens with zero attached hydrogens (tertiary/aromatic N) is 2. The molecule has 1 N–H and O–H groups in total. The standard InChI is InChI=1S/C26H26F2N2O4/c1-16(2)26-29-24(17-4-8-19(27)9-5-17)25(18-6-10-20(28)11-7-18)30(26)13-12-21(31)14-22(32)15-23(33)34-3/h4-13,16,21,31H,14-15H2,1-3H3/b13-12+. The number of hydrogen-bond donors (Lipinski definition) is 1. The van der Waals surface area contributed by atoms with E-state index in [-0.39, 0.29) is 18.2 Å². The van der Waals surface area contributed by atoms with Crippen molar-refractivity contribution >= 4 is 18.0 Å². The fourth-order valence-electron chi connectivity index (χ4n) is 3.49. The number of aliphatic hydroxyl groups is 1. The van der Waals surface area contributed by atoms with Gasteiger partial charge in [0.1, 0.15) is 29.7 Å². The molecule has 0 saturated carbocycles. The molecule has 8 heteroatoms. The molecule has 178 valence electrons. The van der Waals surface area contributed by atoms with Crippen LogP contribution in [0.1, 0.15) is 38.4 Å². The highest BCUT2D eigenvalue weighted by Gasteiger charge is 2.21. The quantitative estimate of drug-likeness (QED) is 0.354. The molecule has 0 saturated heterocycles. The molecule has 0 aliphatic carbocycles. The maximum atomic E-state index is 13.6. The summed E-state index contributed by atoms with van der Waals surface area (Å²) >= 11 is 0. The summed E-state index contributed by atoms with van der Waals surface area (Å²) in [7, 11) is 1.19. The summed E-state index contributed by atoms with van der Waals surface area (Å²) in [5, 5.41) is 10.4. The van der Waals surface area contributed by atoms with Gasteiger partial charge in [-0.3, -0.25) is 9.59 Å². The Morgan fingerprint density at radius 1 is 1.03 bits per heavy atom. The van der Waals surface area contributed by atoms with Gasteiger partial charge in [-0.2, -0.15) is 0 Å². The lowest BCUT2D eigenvalue weighted by atomic mass is 10.0. The van der Waals surface area contributed by atoms with Gasteiger partial charge < -0.3 is 14.4 Å². The number of imidazole rings is 1. The number of ketones is 1. The number of benzene rings is 2. The smallest absolute Gasteiger partial charge is 0.313 e. The van der Waals surface area contributed by atoms with E-state index in [2.05, 4.69) is 4.74 Å². The average Bonchev–Trinajstić information content (AvgIpc) is 3.18. The van der Waals surface area contributed by atoms with Gasteiger partial charge in [0.2, 0.25) is 0 Å². The summed E-state index contributed by atoms with van der Waals surface area (Å²) in [5.41, 5.74) is 2.53. The minimum Gasteiger partial charge on any atom is -0.469 e. The van der Waals surface area contributed by atoms with Crippen LogP contribution < -0.4 is 0 Å². The van der Waals surface area contributed by atoms with Gasteiger partial charge in [0, 0.05) is 29.7 Å². The Labute approximate surface area is 196 Å². The molecule has 3 aromatic rings. The number of rotatable bonds is 9. The predicted molar refractivity (Wildman–Crippen MR) is 125 cm³/mol. The molecule has 3 rings (SSSR count). The number of halogens is 2. The first-order chi connectivity index (χ1) is 16.2. The number of methoxy groups -OCH3 is 1. The van der Waals surface area contributed by atoms with E-state index in [0.717, 1.165) is 0 Å². The Balaban J connectivity index is 2.06. The molecule has 0 radical (unpaired) electrons. The van der Waals surface area contributed by atoms with Crippen molar-refractivity contribution in [3.05, 3.63) is 72.1 Å². The summed E-state index contributed by atoms with van der Waals surface area (Å²) in [6.07, 6.45) is 1.22. The highest BCUT2D eigenvalue weighted by molar-refractivity contribution is 5.95. The minimum atomic E-state index is -1.14. The Morgan fingerprint density at radius 3 is 2.12 bits per heavy atom. The van der Waals surface area contributed by atoms with Gasteiger partial charge in [-0.15, -0.1) is 0 Å². The van der Waals surface area contributed by atoms with Crippen molar-refractivity contribution in [3.63, 3.8) is 0 Å². The minimum absolute atomic E-state index is 0.0313. The first-order valence-corrected chi connectivity index (χ1v) is 10.8. The van der Waals surface area contributed by atoms with Crippen LogP contribution in [-0.4, -0.2) is 39.6 Å². The third-order valence-corrected chi connectivity index (χ3v) is 5.15. The number of hydrogen-bond acceptors (Lipinski definition) is 5. The first-order valence-electron chi connectivity index (χ1n) is 10.8. The van der Waals surface area contributed by atoms with Gasteiger partial charge in [-0.25, -0.2) is 13.8 Å². The number of aliphatic hydroxyl groups excluding tert-OH is 1. The molecule has 0 aliphatic heterocycles. The van der Waals surface area contributed by atoms with Crippen molar-refractivity contribution in [2.24, 2.45) is 0 Å². The maximum absolute atomic E-state index is 13.6. The second kappa shape index (κ2) is 11.0. The van der Waals surface area contributed by atoms with E-state index < -0.39 is 30.1 Å². The summed E-state index contributed by atoms with van der Waals surface area (Å²) in [6.45, 7) is 3.90. The molecule has 1 heterocycles. The molecule has 1 atom stereocenters. The van der Waals surface area contributed by atoms with Crippen LogP contribution in [0.15, 0.2) is 54.6 Å². The molecular formula is C26H26F2N2O4. The first kappa shape index (κ1) is 25.0. The van der Waals surface area contributed by atoms with E-state index in [9.17, 15) is 23.5 Å². The van der Waals surface area contributed by atoms with Crippen LogP contribution in [-0.2, 0) is 14.3 Å². The summed E-state index contributed by atoms with van der Waals surface area (Å²) < 4.78 is 33.4. The molecule has 0 bridgehead atoms. The van der Waals surface area contributed by atoms with Crippen molar-refractivity contribution in [1.29, 1.82) is 0 Å². The maximum Gasteiger partial charge on any atom is 0.313 e. The predicted octanol–water partition coefficient (Wildman–Crippen LogP) is 4.97. The molecule has 0 aliphatic rings. The third-order valence-electron chi connectivity index (χ3n) is 5.15. The number of carbonyl (C=O) groups is 2. The SMILES string of the molecule is COC(=O)CC(=O)CC(O)/C=C/n1c(C(C)C)nc(-c2ccc(F)cc2)c1-c1ccc(F)cc1. The van der Waals surface area contributed by atoms with Crippen LogP contribution in [0.3, 0.4) is 0 Å². The van der Waals surface area contributed by atoms with E-state index in [1.807, 2.05) is 13.8 Å². The average molecular weight is 469 g/mol. The largest absolute Gasteiger partial charge is 0.469 e. The van der Waals surface area contributed by atoms with E-state index in [1.54, 1.807) is 35.0 Å². The van der Waals surface area contributed by atoms with Crippen molar-refractivity contribution in [2.75, 3.05) is 7.11 Å². The van der Waals surface area contributed by atoms with Crippen molar-refractivity contribution in [1.82, 2.24) is 9.55 Å². The number of aromatic nitrogens is 2. The Kier molecular flexibility index (Phi) is 8.07. The van der Waals surface area contributed by atoms with Crippen LogP contribution in [0.5, 0.6) is 0 Å². The fourth-order valence-corrected chi connectivity index (χ4v) is 3.49. The van der Waals surface area contributed by atoms with Crippen molar-refractivity contribution in [3.8, 4) is 22.5 Å². The number of esters is 1. The second-order valence-electron chi connectivity index (χ2n) is 8.11. The van der Waals surface area contributed by atoms with Gasteiger partial charge in [-0.1, -0.05) is 13.8 Å². The zero-order valence-electron chi connectivity index (χ0n) is 19.2. The molecular weight excluding hydrogens is 442 g/mol. The molecule has 0 amide bonds. The summed E-state index contributed by atoms with van der Waals surface area (Å²) in [6, 6.07) is 11.8. The Morgan fingerprint density at radius 2 is 1.59 bits per heavy atom. The van der Waals surface area contributed by atoms with Gasteiger partial charge in [0.05, 0.1) is 24.6 Å². The lowest BCUT2D eigenvalue weighted by molar-refractivity contribution is -0.143. The monoisotopic (exact) mass is 468 g/mol. The summed E-state index contributed by atoms with van der Waals surface area (Å²) in [5.74, 6) is -1.27. The fraction of sp³-hybridized carbons (Fsp3) is 0.269. The van der Waals surface area contributed by atoms with Crippen molar-refractivity contribution in [2.45, 2.75) is 38.7 Å². The Hall–Kier alpha value is -3.65. The van der Waals surface area contributed by atoms with E-state index in [1.165, 1.54) is 37.5 Å². The zero-order valence-corrected chi connectivity index (χ0v) is 19.2. The zero-order chi connectivity index (χ0) is 24.8. The van der Waals surface area contributed by atoms with Crippen LogP contribution >= 0.6 is 0 Å². The van der Waals surface area contributed by atoms with Gasteiger partial charge in [0.25, 0.3) is 0 Å². The van der Waals surface area contributed by atoms with Crippen LogP contribution in [0.2, 0.25) is 0 Å². The lowest BCUT2D eigenvalue weighted by Gasteiger charge is -2.12. The normalized spacial score (nSPS) is 12.3. The molecule has 34 heavy (non-hydrogen) atoms. The van der Waals surface area contributed by atoms with Crippen LogP contribution in [0.4, 0.5) is 8.78 Å². The molecule has 0 fully saturated rings. The molecule has 2 aromatic carbocycles. The molecule has 6 nitrogen and oxygen atoms in total. The topological polar surface area (TPSA) is 81.4 Å². The van der Waals surface area contributed by atoms with Crippen LogP contribution in [0, 0.1) is 11.6 Å². The van der Waals surface area contributed by atoms with Crippen molar-refractivity contribution < 1.29 is 28.2 Å². The van der Waals surface area contributed by atoms with E-state index in [4.69, 9.17) is 4.98 Å². The van der Waals surface area contributed by atoms with E-state index >= 15 is 0 Å². The lowest BCUT2D eigenvalue weighted by Crippen LogP contribution is -2.15. The highest BCUT2D eigenvalue weighted by Crippen LogP contribution is 2.35. The number of Topliss-reactive ketones (excluding diaryl/α,β-unsaturated/α-hetero) is 1. The van der Waals surface area contributed by atoms with Gasteiger partial charge in [0.15, 0.2) is 0 Å². The third kappa shape index (κ3) is 6.02. The Bertz CT molecular complexity index is 1180. The number of carbonyl (C=O) groups excluding carboxylic acids is 2. The van der Waals surface area contributed by atoms with Crippen LogP contribution in [0.25, 0.3) is 28.7 Å². The molecule has 1 aromatic heterocycles.